The number of carboxylic acids is 1. The molecule has 0 spiro atoms. The number of aromatic nitrogens is 4. The van der Waals surface area contributed by atoms with E-state index in [9.17, 15) is 4.79 Å². The fraction of sp³-hybridized carbons (Fsp3) is 0.818. The maximum absolute atomic E-state index is 11.1. The number of ether oxygens (including phenoxy) is 1. The van der Waals surface area contributed by atoms with Crippen LogP contribution < -0.4 is 0 Å². The van der Waals surface area contributed by atoms with Gasteiger partial charge in [-0.3, -0.25) is 4.79 Å². The van der Waals surface area contributed by atoms with Crippen molar-refractivity contribution in [2.75, 3.05) is 0 Å². The third-order valence-electron chi connectivity index (χ3n) is 3.00. The molecule has 7 nitrogen and oxygen atoms in total. The molecule has 2 rings (SSSR count). The third-order valence-corrected chi connectivity index (χ3v) is 3.00. The summed E-state index contributed by atoms with van der Waals surface area (Å²) in [4.78, 5) is 11.1. The van der Waals surface area contributed by atoms with Crippen molar-refractivity contribution < 1.29 is 14.6 Å². The Labute approximate surface area is 105 Å². The van der Waals surface area contributed by atoms with Gasteiger partial charge in [-0.15, -0.1) is 5.10 Å². The van der Waals surface area contributed by atoms with Gasteiger partial charge in [0.15, 0.2) is 5.82 Å². The highest BCUT2D eigenvalue weighted by Gasteiger charge is 2.51. The number of rotatable bonds is 5. The minimum atomic E-state index is -0.777. The molecule has 1 aromatic heterocycles. The van der Waals surface area contributed by atoms with Gasteiger partial charge in [-0.25, -0.2) is 4.68 Å². The first-order valence-electron chi connectivity index (χ1n) is 5.95. The molecule has 0 aromatic carbocycles. The normalized spacial score (nSPS) is 17.7. The van der Waals surface area contributed by atoms with Gasteiger partial charge in [0.05, 0.1) is 17.6 Å². The molecule has 0 radical (unpaired) electrons. The summed E-state index contributed by atoms with van der Waals surface area (Å²) in [5.41, 5.74) is -0.952. The second kappa shape index (κ2) is 4.31. The first-order valence-corrected chi connectivity index (χ1v) is 5.95. The molecule has 1 N–H and O–H groups in total. The van der Waals surface area contributed by atoms with Crippen molar-refractivity contribution in [3.63, 3.8) is 0 Å². The summed E-state index contributed by atoms with van der Waals surface area (Å²) in [5, 5.41) is 20.4. The van der Waals surface area contributed by atoms with E-state index in [4.69, 9.17) is 9.84 Å². The van der Waals surface area contributed by atoms with Crippen LogP contribution in [0, 0.1) is 5.41 Å². The number of aliphatic carboxylic acids is 1. The van der Waals surface area contributed by atoms with Crippen molar-refractivity contribution >= 4 is 5.97 Å². The molecule has 0 atom stereocenters. The van der Waals surface area contributed by atoms with Crippen LogP contribution in [0.2, 0.25) is 0 Å². The standard InChI is InChI=1S/C11H18N4O3/c1-10(2,3)18-6-8-12-13-14-15(8)7-11(4-5-11)9(16)17/h4-7H2,1-3H3,(H,16,17). The summed E-state index contributed by atoms with van der Waals surface area (Å²) in [5.74, 6) is -0.210. The van der Waals surface area contributed by atoms with Crippen LogP contribution in [0.3, 0.4) is 0 Å². The molecule has 1 saturated carbocycles. The van der Waals surface area contributed by atoms with E-state index in [0.29, 0.717) is 25.2 Å². The molecule has 1 aliphatic carbocycles. The molecule has 1 aromatic rings. The highest BCUT2D eigenvalue weighted by Crippen LogP contribution is 2.47. The summed E-state index contributed by atoms with van der Waals surface area (Å²) >= 11 is 0. The minimum absolute atomic E-state index is 0.277. The van der Waals surface area contributed by atoms with Crippen LogP contribution in [0.5, 0.6) is 0 Å². The molecule has 1 fully saturated rings. The van der Waals surface area contributed by atoms with Crippen molar-refractivity contribution in [3.8, 4) is 0 Å². The number of hydrogen-bond acceptors (Lipinski definition) is 5. The number of nitrogens with zero attached hydrogens (tertiary/aromatic N) is 4. The van der Waals surface area contributed by atoms with E-state index in [2.05, 4.69) is 15.5 Å². The van der Waals surface area contributed by atoms with E-state index in [-0.39, 0.29) is 12.2 Å². The molecule has 0 aliphatic heterocycles. The maximum atomic E-state index is 11.1. The van der Waals surface area contributed by atoms with Gasteiger partial charge in [-0.1, -0.05) is 0 Å². The summed E-state index contributed by atoms with van der Waals surface area (Å²) in [6.07, 6.45) is 1.36. The Bertz CT molecular complexity index is 445. The SMILES string of the molecule is CC(C)(C)OCc1nnnn1CC1(C(=O)O)CC1. The van der Waals surface area contributed by atoms with Gasteiger partial charge in [0, 0.05) is 0 Å². The predicted molar refractivity (Wildman–Crippen MR) is 61.7 cm³/mol. The molecule has 0 amide bonds. The summed E-state index contributed by atoms with van der Waals surface area (Å²) < 4.78 is 7.13. The zero-order chi connectivity index (χ0) is 13.4. The zero-order valence-corrected chi connectivity index (χ0v) is 10.9. The summed E-state index contributed by atoms with van der Waals surface area (Å²) in [6.45, 7) is 6.44. The van der Waals surface area contributed by atoms with E-state index < -0.39 is 11.4 Å². The molecule has 18 heavy (non-hydrogen) atoms. The second-order valence-corrected chi connectivity index (χ2v) is 5.74. The Morgan fingerprint density at radius 3 is 2.67 bits per heavy atom. The van der Waals surface area contributed by atoms with Gasteiger partial charge in [-0.05, 0) is 44.0 Å². The fourth-order valence-corrected chi connectivity index (χ4v) is 1.61. The minimum Gasteiger partial charge on any atom is -0.481 e. The van der Waals surface area contributed by atoms with Gasteiger partial charge < -0.3 is 9.84 Å². The van der Waals surface area contributed by atoms with Crippen LogP contribution >= 0.6 is 0 Å². The van der Waals surface area contributed by atoms with Gasteiger partial charge >= 0.3 is 5.97 Å². The monoisotopic (exact) mass is 254 g/mol. The first kappa shape index (κ1) is 12.9. The van der Waals surface area contributed by atoms with Crippen molar-refractivity contribution in [1.29, 1.82) is 0 Å². The van der Waals surface area contributed by atoms with Crippen LogP contribution in [0.25, 0.3) is 0 Å². The van der Waals surface area contributed by atoms with Gasteiger partial charge in [0.1, 0.15) is 6.61 Å². The number of carboxylic acid groups (broad SMARTS) is 1. The molecule has 1 aliphatic rings. The second-order valence-electron chi connectivity index (χ2n) is 5.74. The highest BCUT2D eigenvalue weighted by atomic mass is 16.5. The molecule has 100 valence electrons. The van der Waals surface area contributed by atoms with E-state index in [0.717, 1.165) is 0 Å². The maximum Gasteiger partial charge on any atom is 0.311 e. The number of carbonyl (C=O) groups is 1. The third kappa shape index (κ3) is 2.84. The Balaban J connectivity index is 2.02. The van der Waals surface area contributed by atoms with E-state index in [1.807, 2.05) is 20.8 Å². The quantitative estimate of drug-likeness (QED) is 0.837. The van der Waals surface area contributed by atoms with Crippen molar-refractivity contribution in [1.82, 2.24) is 20.2 Å². The topological polar surface area (TPSA) is 90.1 Å². The molecule has 0 unspecified atom stereocenters. The van der Waals surface area contributed by atoms with Crippen LogP contribution in [-0.4, -0.2) is 36.9 Å². The van der Waals surface area contributed by atoms with Gasteiger partial charge in [0.25, 0.3) is 0 Å². The molecule has 0 bridgehead atoms. The lowest BCUT2D eigenvalue weighted by atomic mass is 10.1. The Hall–Kier alpha value is -1.50. The number of hydrogen-bond donors (Lipinski definition) is 1. The van der Waals surface area contributed by atoms with Crippen LogP contribution in [-0.2, 0) is 22.7 Å². The van der Waals surface area contributed by atoms with Crippen LogP contribution in [0.15, 0.2) is 0 Å². The smallest absolute Gasteiger partial charge is 0.311 e. The van der Waals surface area contributed by atoms with Crippen molar-refractivity contribution in [3.05, 3.63) is 5.82 Å². The molecule has 0 saturated heterocycles. The largest absolute Gasteiger partial charge is 0.481 e. The van der Waals surface area contributed by atoms with Crippen LogP contribution in [0.1, 0.15) is 39.4 Å². The molecule has 7 heteroatoms. The molecular weight excluding hydrogens is 236 g/mol. The summed E-state index contributed by atoms with van der Waals surface area (Å²) in [6, 6.07) is 0. The Morgan fingerprint density at radius 2 is 2.17 bits per heavy atom. The molecular formula is C11H18N4O3. The first-order chi connectivity index (χ1) is 8.32. The Kier molecular flexibility index (Phi) is 3.10. The average Bonchev–Trinajstić information content (AvgIpc) is 2.88. The lowest BCUT2D eigenvalue weighted by Gasteiger charge is -2.19. The van der Waals surface area contributed by atoms with Crippen molar-refractivity contribution in [2.45, 2.75) is 52.4 Å². The van der Waals surface area contributed by atoms with Crippen molar-refractivity contribution in [2.24, 2.45) is 5.41 Å². The lowest BCUT2D eigenvalue weighted by molar-refractivity contribution is -0.144. The Morgan fingerprint density at radius 1 is 1.50 bits per heavy atom. The van der Waals surface area contributed by atoms with Crippen LogP contribution in [0.4, 0.5) is 0 Å². The van der Waals surface area contributed by atoms with E-state index in [1.54, 1.807) is 0 Å². The predicted octanol–water partition coefficient (Wildman–Crippen LogP) is 0.853. The van der Waals surface area contributed by atoms with Gasteiger partial charge in [-0.2, -0.15) is 0 Å². The lowest BCUT2D eigenvalue weighted by Crippen LogP contribution is -2.25. The zero-order valence-electron chi connectivity index (χ0n) is 10.9. The molecule has 1 heterocycles. The van der Waals surface area contributed by atoms with E-state index >= 15 is 0 Å². The van der Waals surface area contributed by atoms with E-state index in [1.165, 1.54) is 4.68 Å². The fourth-order valence-electron chi connectivity index (χ4n) is 1.61. The van der Waals surface area contributed by atoms with Gasteiger partial charge in [0.2, 0.25) is 0 Å². The summed E-state index contributed by atoms with van der Waals surface area (Å²) in [7, 11) is 0. The average molecular weight is 254 g/mol. The number of tetrazole rings is 1. The highest BCUT2D eigenvalue weighted by molar-refractivity contribution is 5.77.